The lowest BCUT2D eigenvalue weighted by Gasteiger charge is -2.10. The Morgan fingerprint density at radius 2 is 2.40 bits per heavy atom. The first-order valence-electron chi connectivity index (χ1n) is 4.73. The number of hydrogen-bond acceptors (Lipinski definition) is 3. The van der Waals surface area contributed by atoms with Crippen LogP contribution in [0.15, 0.2) is 12.3 Å². The molecule has 0 radical (unpaired) electrons. The van der Waals surface area contributed by atoms with Crippen LogP contribution in [0, 0.1) is 6.92 Å². The Hall–Kier alpha value is -1.13. The number of nitrogens with one attached hydrogen (secondary N) is 1. The van der Waals surface area contributed by atoms with E-state index in [4.69, 9.17) is 17.3 Å². The van der Waals surface area contributed by atoms with E-state index in [-0.39, 0.29) is 5.91 Å². The zero-order valence-electron chi connectivity index (χ0n) is 8.75. The summed E-state index contributed by atoms with van der Waals surface area (Å²) in [4.78, 5) is 15.4. The number of anilines is 1. The second-order valence-electron chi connectivity index (χ2n) is 3.34. The summed E-state index contributed by atoms with van der Waals surface area (Å²) < 4.78 is 0. The lowest BCUT2D eigenvalue weighted by Crippen LogP contribution is -2.34. The molecule has 1 rings (SSSR count). The molecule has 0 bridgehead atoms. The molecule has 1 heterocycles. The molecule has 0 unspecified atom stereocenters. The van der Waals surface area contributed by atoms with Gasteiger partial charge in [0.2, 0.25) is 5.91 Å². The number of nitrogens with zero attached hydrogens (tertiary/aromatic N) is 1. The van der Waals surface area contributed by atoms with Gasteiger partial charge in [-0.15, -0.1) is 0 Å². The van der Waals surface area contributed by atoms with Gasteiger partial charge in [0.15, 0.2) is 0 Å². The highest BCUT2D eigenvalue weighted by molar-refractivity contribution is 6.30. The first kappa shape index (κ1) is 11.9. The smallest absolute Gasteiger partial charge is 0.241 e. The average Bonchev–Trinajstić information content (AvgIpc) is 2.22. The van der Waals surface area contributed by atoms with Crippen molar-refractivity contribution >= 4 is 23.2 Å². The van der Waals surface area contributed by atoms with Crippen molar-refractivity contribution in [2.75, 3.05) is 5.32 Å². The molecule has 1 atom stereocenters. The van der Waals surface area contributed by atoms with Crippen LogP contribution in [0.5, 0.6) is 0 Å². The van der Waals surface area contributed by atoms with E-state index in [1.54, 1.807) is 6.07 Å². The molecule has 0 fully saturated rings. The second-order valence-corrected chi connectivity index (χ2v) is 3.69. The summed E-state index contributed by atoms with van der Waals surface area (Å²) in [7, 11) is 0. The molecule has 0 saturated heterocycles. The molecule has 1 aromatic rings. The van der Waals surface area contributed by atoms with Crippen molar-refractivity contribution in [1.29, 1.82) is 0 Å². The minimum absolute atomic E-state index is 0.207. The summed E-state index contributed by atoms with van der Waals surface area (Å²) in [5.74, 6) is -0.207. The van der Waals surface area contributed by atoms with Gasteiger partial charge in [0, 0.05) is 0 Å². The van der Waals surface area contributed by atoms with Crippen LogP contribution in [-0.4, -0.2) is 16.9 Å². The van der Waals surface area contributed by atoms with E-state index in [0.717, 1.165) is 5.56 Å². The fraction of sp³-hybridized carbons (Fsp3) is 0.400. The van der Waals surface area contributed by atoms with E-state index in [2.05, 4.69) is 10.3 Å². The summed E-state index contributed by atoms with van der Waals surface area (Å²) in [6.45, 7) is 3.68. The van der Waals surface area contributed by atoms with E-state index in [0.29, 0.717) is 17.3 Å². The van der Waals surface area contributed by atoms with Crippen LogP contribution in [0.3, 0.4) is 0 Å². The summed E-state index contributed by atoms with van der Waals surface area (Å²) in [6, 6.07) is 1.27. The number of carbonyl (C=O) groups is 1. The zero-order chi connectivity index (χ0) is 11.4. The van der Waals surface area contributed by atoms with Gasteiger partial charge >= 0.3 is 0 Å². The molecule has 0 aromatic carbocycles. The zero-order valence-corrected chi connectivity index (χ0v) is 9.51. The average molecular weight is 228 g/mol. The highest BCUT2D eigenvalue weighted by Gasteiger charge is 2.11. The van der Waals surface area contributed by atoms with Crippen LogP contribution in [0.25, 0.3) is 0 Å². The fourth-order valence-electron chi connectivity index (χ4n) is 1.05. The van der Waals surface area contributed by atoms with Crippen molar-refractivity contribution in [1.82, 2.24) is 4.98 Å². The summed E-state index contributed by atoms with van der Waals surface area (Å²) >= 11 is 5.76. The van der Waals surface area contributed by atoms with Crippen LogP contribution in [-0.2, 0) is 4.79 Å². The predicted molar refractivity (Wildman–Crippen MR) is 60.9 cm³/mol. The standard InChI is InChI=1S/C10H14ClN3O/c1-3-8(12)10(15)14-7-4-6(2)9(11)13-5-7/h4-5,8H,3,12H2,1-2H3,(H,14,15)/t8-/m0/s1. The molecule has 1 amide bonds. The number of pyridine rings is 1. The van der Waals surface area contributed by atoms with E-state index in [1.165, 1.54) is 6.20 Å². The van der Waals surface area contributed by atoms with Gasteiger partial charge in [-0.05, 0) is 25.0 Å². The SMILES string of the molecule is CC[C@H](N)C(=O)Nc1cnc(Cl)c(C)c1. The monoisotopic (exact) mass is 227 g/mol. The summed E-state index contributed by atoms with van der Waals surface area (Å²) in [5, 5.41) is 3.11. The molecule has 0 saturated carbocycles. The van der Waals surface area contributed by atoms with Crippen molar-refractivity contribution in [3.05, 3.63) is 23.0 Å². The third-order valence-electron chi connectivity index (χ3n) is 2.06. The van der Waals surface area contributed by atoms with E-state index >= 15 is 0 Å². The van der Waals surface area contributed by atoms with E-state index < -0.39 is 6.04 Å². The quantitative estimate of drug-likeness (QED) is 0.773. The van der Waals surface area contributed by atoms with Gasteiger partial charge < -0.3 is 11.1 Å². The normalized spacial score (nSPS) is 12.3. The Morgan fingerprint density at radius 1 is 1.73 bits per heavy atom. The van der Waals surface area contributed by atoms with Gasteiger partial charge in [0.1, 0.15) is 5.15 Å². The van der Waals surface area contributed by atoms with Gasteiger partial charge in [-0.2, -0.15) is 0 Å². The Kier molecular flexibility index (Phi) is 4.05. The largest absolute Gasteiger partial charge is 0.323 e. The number of amides is 1. The minimum atomic E-state index is -0.485. The Balaban J connectivity index is 2.73. The van der Waals surface area contributed by atoms with Crippen molar-refractivity contribution < 1.29 is 4.79 Å². The lowest BCUT2D eigenvalue weighted by molar-refractivity contribution is -0.117. The number of hydrogen-bond donors (Lipinski definition) is 2. The lowest BCUT2D eigenvalue weighted by atomic mass is 10.2. The van der Waals surface area contributed by atoms with Crippen LogP contribution < -0.4 is 11.1 Å². The number of nitrogens with two attached hydrogens (primary N) is 1. The first-order chi connectivity index (χ1) is 7.04. The topological polar surface area (TPSA) is 68.0 Å². The maximum atomic E-state index is 11.4. The highest BCUT2D eigenvalue weighted by Crippen LogP contribution is 2.16. The second kappa shape index (κ2) is 5.09. The molecule has 0 aliphatic carbocycles. The number of rotatable bonds is 3. The van der Waals surface area contributed by atoms with Crippen LogP contribution in [0.2, 0.25) is 5.15 Å². The number of carbonyl (C=O) groups excluding carboxylic acids is 1. The number of halogens is 1. The van der Waals surface area contributed by atoms with Crippen molar-refractivity contribution in [3.8, 4) is 0 Å². The molecule has 15 heavy (non-hydrogen) atoms. The molecule has 3 N–H and O–H groups in total. The summed E-state index contributed by atoms with van der Waals surface area (Å²) in [6.07, 6.45) is 2.11. The maximum Gasteiger partial charge on any atom is 0.241 e. The van der Waals surface area contributed by atoms with Gasteiger partial charge in [-0.25, -0.2) is 4.98 Å². The van der Waals surface area contributed by atoms with Crippen molar-refractivity contribution in [2.45, 2.75) is 26.3 Å². The van der Waals surface area contributed by atoms with Gasteiger partial charge in [-0.3, -0.25) is 4.79 Å². The maximum absolute atomic E-state index is 11.4. The molecule has 0 aliphatic rings. The Labute approximate surface area is 93.8 Å². The van der Waals surface area contributed by atoms with Crippen molar-refractivity contribution in [3.63, 3.8) is 0 Å². The third-order valence-corrected chi connectivity index (χ3v) is 2.45. The number of aryl methyl sites for hydroxylation is 1. The molecule has 0 aliphatic heterocycles. The highest BCUT2D eigenvalue weighted by atomic mass is 35.5. The molecule has 0 spiro atoms. The van der Waals surface area contributed by atoms with Crippen molar-refractivity contribution in [2.24, 2.45) is 5.73 Å². The molecule has 1 aromatic heterocycles. The fourth-order valence-corrected chi connectivity index (χ4v) is 1.15. The molecule has 82 valence electrons. The molecular formula is C10H14ClN3O. The number of aromatic nitrogens is 1. The third kappa shape index (κ3) is 3.18. The predicted octanol–water partition coefficient (Wildman–Crippen LogP) is 1.72. The first-order valence-corrected chi connectivity index (χ1v) is 5.11. The molecule has 4 nitrogen and oxygen atoms in total. The Morgan fingerprint density at radius 3 is 2.93 bits per heavy atom. The van der Waals surface area contributed by atoms with Gasteiger partial charge in [-0.1, -0.05) is 18.5 Å². The Bertz CT molecular complexity index is 368. The van der Waals surface area contributed by atoms with Crippen LogP contribution in [0.4, 0.5) is 5.69 Å². The van der Waals surface area contributed by atoms with Crippen LogP contribution >= 0.6 is 11.6 Å². The molecule has 5 heteroatoms. The van der Waals surface area contributed by atoms with Crippen LogP contribution in [0.1, 0.15) is 18.9 Å². The van der Waals surface area contributed by atoms with Gasteiger partial charge in [0.25, 0.3) is 0 Å². The molecular weight excluding hydrogens is 214 g/mol. The van der Waals surface area contributed by atoms with E-state index in [1.807, 2.05) is 13.8 Å². The minimum Gasteiger partial charge on any atom is -0.323 e. The van der Waals surface area contributed by atoms with Gasteiger partial charge in [0.05, 0.1) is 17.9 Å². The summed E-state index contributed by atoms with van der Waals surface area (Å²) in [5.41, 5.74) is 7.01. The van der Waals surface area contributed by atoms with E-state index in [9.17, 15) is 4.79 Å².